The van der Waals surface area contributed by atoms with Crippen LogP contribution in [0.2, 0.25) is 0 Å². The van der Waals surface area contributed by atoms with Gasteiger partial charge >= 0.3 is 12.0 Å². The fourth-order valence-corrected chi connectivity index (χ4v) is 1.40. The second-order valence-electron chi connectivity index (χ2n) is 4.04. The normalized spacial score (nSPS) is 11.7. The number of methoxy groups -OCH3 is 1. The average Bonchev–Trinajstić information content (AvgIpc) is 2.44. The largest absolute Gasteiger partial charge is 0.497 e. The molecule has 0 heterocycles. The number of nitrogens with two attached hydrogens (primary N) is 1. The standard InChI is InChI=1S/C14H16N2O5/c1-9(13(18)16-14(15)19)21-12(17)7-6-10-4-3-5-11(8-10)20-2/h3-9H,1-2H3,(H3,15,16,18,19)/b7-6+/t9-/m1/s1. The topological polar surface area (TPSA) is 108 Å². The molecule has 0 aliphatic carbocycles. The van der Waals surface area contributed by atoms with Crippen molar-refractivity contribution >= 4 is 24.0 Å². The van der Waals surface area contributed by atoms with Crippen molar-refractivity contribution in [3.05, 3.63) is 35.9 Å². The summed E-state index contributed by atoms with van der Waals surface area (Å²) in [5.74, 6) is -0.852. The summed E-state index contributed by atoms with van der Waals surface area (Å²) in [6, 6.07) is 6.04. The van der Waals surface area contributed by atoms with Gasteiger partial charge < -0.3 is 15.2 Å². The van der Waals surface area contributed by atoms with Gasteiger partial charge in [-0.2, -0.15) is 0 Å². The second kappa shape index (κ2) is 7.68. The number of rotatable bonds is 5. The van der Waals surface area contributed by atoms with E-state index < -0.39 is 24.0 Å². The lowest BCUT2D eigenvalue weighted by Crippen LogP contribution is -2.42. The molecule has 0 saturated heterocycles. The number of ether oxygens (including phenoxy) is 2. The Balaban J connectivity index is 2.58. The maximum atomic E-state index is 11.5. The fourth-order valence-electron chi connectivity index (χ4n) is 1.40. The Kier molecular flexibility index (Phi) is 5.94. The molecule has 0 aliphatic rings. The molecule has 21 heavy (non-hydrogen) atoms. The maximum absolute atomic E-state index is 11.5. The Hall–Kier alpha value is -2.83. The SMILES string of the molecule is COc1cccc(/C=C/C(=O)O[C@H](C)C(=O)NC(N)=O)c1. The minimum Gasteiger partial charge on any atom is -0.497 e. The van der Waals surface area contributed by atoms with Gasteiger partial charge in [-0.1, -0.05) is 12.1 Å². The number of hydrogen-bond donors (Lipinski definition) is 2. The van der Waals surface area contributed by atoms with Crippen molar-refractivity contribution in [1.29, 1.82) is 0 Å². The molecule has 0 aliphatic heterocycles. The van der Waals surface area contributed by atoms with E-state index in [9.17, 15) is 14.4 Å². The summed E-state index contributed by atoms with van der Waals surface area (Å²) in [4.78, 5) is 33.3. The molecule has 1 aromatic carbocycles. The predicted molar refractivity (Wildman–Crippen MR) is 75.3 cm³/mol. The first-order chi connectivity index (χ1) is 9.92. The molecule has 1 aromatic rings. The van der Waals surface area contributed by atoms with E-state index in [4.69, 9.17) is 15.2 Å². The summed E-state index contributed by atoms with van der Waals surface area (Å²) < 4.78 is 9.86. The lowest BCUT2D eigenvalue weighted by molar-refractivity contribution is -0.149. The zero-order valence-electron chi connectivity index (χ0n) is 11.7. The van der Waals surface area contributed by atoms with E-state index >= 15 is 0 Å². The molecule has 0 aromatic heterocycles. The van der Waals surface area contributed by atoms with Crippen LogP contribution in [-0.2, 0) is 14.3 Å². The van der Waals surface area contributed by atoms with Gasteiger partial charge in [0.1, 0.15) is 5.75 Å². The minimum absolute atomic E-state index is 0.653. The highest BCUT2D eigenvalue weighted by Gasteiger charge is 2.17. The molecule has 0 unspecified atom stereocenters. The van der Waals surface area contributed by atoms with Gasteiger partial charge in [-0.3, -0.25) is 10.1 Å². The number of imide groups is 1. The third-order valence-corrected chi connectivity index (χ3v) is 2.41. The van der Waals surface area contributed by atoms with Crippen LogP contribution in [0, 0.1) is 0 Å². The Morgan fingerprint density at radius 1 is 1.33 bits per heavy atom. The maximum Gasteiger partial charge on any atom is 0.331 e. The fraction of sp³-hybridized carbons (Fsp3) is 0.214. The smallest absolute Gasteiger partial charge is 0.331 e. The van der Waals surface area contributed by atoms with Gasteiger partial charge in [0.05, 0.1) is 7.11 Å². The third-order valence-electron chi connectivity index (χ3n) is 2.41. The average molecular weight is 292 g/mol. The van der Waals surface area contributed by atoms with Gasteiger partial charge in [-0.15, -0.1) is 0 Å². The van der Waals surface area contributed by atoms with Crippen molar-refractivity contribution in [2.24, 2.45) is 5.73 Å². The number of urea groups is 1. The number of hydrogen-bond acceptors (Lipinski definition) is 5. The molecule has 0 saturated carbocycles. The van der Waals surface area contributed by atoms with Gasteiger partial charge in [0.25, 0.3) is 5.91 Å². The Labute approximate surface area is 121 Å². The number of primary amides is 1. The van der Waals surface area contributed by atoms with E-state index in [0.717, 1.165) is 5.56 Å². The van der Waals surface area contributed by atoms with Crippen molar-refractivity contribution in [1.82, 2.24) is 5.32 Å². The van der Waals surface area contributed by atoms with Crippen LogP contribution in [0.25, 0.3) is 6.08 Å². The minimum atomic E-state index is -1.13. The Bertz CT molecular complexity index is 568. The summed E-state index contributed by atoms with van der Waals surface area (Å²) in [5, 5.41) is 1.82. The van der Waals surface area contributed by atoms with Crippen LogP contribution in [0.15, 0.2) is 30.3 Å². The van der Waals surface area contributed by atoms with Crippen LogP contribution in [-0.4, -0.2) is 31.1 Å². The lowest BCUT2D eigenvalue weighted by Gasteiger charge is -2.10. The number of carbonyl (C=O) groups is 3. The summed E-state index contributed by atoms with van der Waals surface area (Å²) in [7, 11) is 1.54. The van der Waals surface area contributed by atoms with Crippen molar-refractivity contribution in [3.63, 3.8) is 0 Å². The molecular formula is C14H16N2O5. The first-order valence-electron chi connectivity index (χ1n) is 6.05. The molecule has 0 bridgehead atoms. The van der Waals surface area contributed by atoms with Gasteiger partial charge in [0.2, 0.25) is 0 Å². The highest BCUT2D eigenvalue weighted by atomic mass is 16.5. The molecule has 1 atom stereocenters. The van der Waals surface area contributed by atoms with Gasteiger partial charge in [0, 0.05) is 6.08 Å². The Morgan fingerprint density at radius 3 is 2.67 bits per heavy atom. The molecule has 3 N–H and O–H groups in total. The molecular weight excluding hydrogens is 276 g/mol. The van der Waals surface area contributed by atoms with E-state index in [-0.39, 0.29) is 0 Å². The zero-order valence-corrected chi connectivity index (χ0v) is 11.7. The van der Waals surface area contributed by atoms with Crippen LogP contribution in [0.4, 0.5) is 4.79 Å². The number of esters is 1. The van der Waals surface area contributed by atoms with Crippen LogP contribution in [0.3, 0.4) is 0 Å². The first-order valence-corrected chi connectivity index (χ1v) is 6.05. The monoisotopic (exact) mass is 292 g/mol. The lowest BCUT2D eigenvalue weighted by atomic mass is 10.2. The third kappa shape index (κ3) is 5.77. The molecule has 1 rings (SSSR count). The highest BCUT2D eigenvalue weighted by Crippen LogP contribution is 2.13. The van der Waals surface area contributed by atoms with Gasteiger partial charge in [-0.05, 0) is 30.7 Å². The van der Waals surface area contributed by atoms with Crippen molar-refractivity contribution < 1.29 is 23.9 Å². The highest BCUT2D eigenvalue weighted by molar-refractivity contribution is 5.97. The van der Waals surface area contributed by atoms with Crippen molar-refractivity contribution in [2.75, 3.05) is 7.11 Å². The number of carbonyl (C=O) groups excluding carboxylic acids is 3. The number of benzene rings is 1. The molecule has 0 spiro atoms. The van der Waals surface area contributed by atoms with E-state index in [2.05, 4.69) is 0 Å². The van der Waals surface area contributed by atoms with Gasteiger partial charge in [0.15, 0.2) is 6.10 Å². The molecule has 7 nitrogen and oxygen atoms in total. The van der Waals surface area contributed by atoms with E-state index in [0.29, 0.717) is 5.75 Å². The van der Waals surface area contributed by atoms with E-state index in [1.165, 1.54) is 26.2 Å². The zero-order chi connectivity index (χ0) is 15.8. The summed E-state index contributed by atoms with van der Waals surface area (Å²) >= 11 is 0. The summed E-state index contributed by atoms with van der Waals surface area (Å²) in [6.07, 6.45) is 1.56. The Morgan fingerprint density at radius 2 is 2.05 bits per heavy atom. The van der Waals surface area contributed by atoms with Crippen LogP contribution >= 0.6 is 0 Å². The van der Waals surface area contributed by atoms with E-state index in [1.54, 1.807) is 24.3 Å². The quantitative estimate of drug-likeness (QED) is 0.617. The molecule has 0 radical (unpaired) electrons. The number of nitrogens with one attached hydrogen (secondary N) is 1. The van der Waals surface area contributed by atoms with E-state index in [1.807, 2.05) is 5.32 Å². The van der Waals surface area contributed by atoms with Gasteiger partial charge in [-0.25, -0.2) is 9.59 Å². The van der Waals surface area contributed by atoms with Crippen molar-refractivity contribution in [3.8, 4) is 5.75 Å². The van der Waals surface area contributed by atoms with Crippen molar-refractivity contribution in [2.45, 2.75) is 13.0 Å². The first kappa shape index (κ1) is 16.2. The van der Waals surface area contributed by atoms with Crippen LogP contribution in [0.5, 0.6) is 5.75 Å². The summed E-state index contributed by atoms with van der Waals surface area (Å²) in [6.45, 7) is 1.33. The second-order valence-corrected chi connectivity index (χ2v) is 4.04. The number of amides is 3. The predicted octanol–water partition coefficient (Wildman–Crippen LogP) is 0.835. The van der Waals surface area contributed by atoms with Crippen LogP contribution < -0.4 is 15.8 Å². The molecule has 112 valence electrons. The summed E-state index contributed by atoms with van der Waals surface area (Å²) in [5.41, 5.74) is 5.52. The van der Waals surface area contributed by atoms with Crippen LogP contribution in [0.1, 0.15) is 12.5 Å². The molecule has 3 amide bonds. The molecule has 0 fully saturated rings. The molecule has 7 heteroatoms.